The average molecular weight is 393 g/mol. The first-order chi connectivity index (χ1) is 13.6. The van der Waals surface area contributed by atoms with E-state index in [0.717, 1.165) is 21.7 Å². The van der Waals surface area contributed by atoms with E-state index in [4.69, 9.17) is 5.11 Å². The summed E-state index contributed by atoms with van der Waals surface area (Å²) >= 11 is 1.36. The number of carboxylic acid groups (broad SMARTS) is 1. The Hall–Kier alpha value is -3.06. The van der Waals surface area contributed by atoms with Crippen LogP contribution in [0.5, 0.6) is 0 Å². The number of amides is 1. The molecule has 1 amide bonds. The van der Waals surface area contributed by atoms with Crippen molar-refractivity contribution in [2.45, 2.75) is 12.8 Å². The Morgan fingerprint density at radius 2 is 1.75 bits per heavy atom. The summed E-state index contributed by atoms with van der Waals surface area (Å²) in [6.45, 7) is 0.885. The number of carbonyl (C=O) groups excluding carboxylic acids is 1. The van der Waals surface area contributed by atoms with Crippen molar-refractivity contribution in [1.29, 1.82) is 0 Å². The number of thiazole rings is 1. The number of nitrogens with zero attached hydrogens (tertiary/aromatic N) is 3. The molecule has 28 heavy (non-hydrogen) atoms. The maximum atomic E-state index is 13.0. The first-order valence-electron chi connectivity index (χ1n) is 9.12. The molecule has 2 aromatic heterocycles. The zero-order chi connectivity index (χ0) is 19.5. The monoisotopic (exact) mass is 393 g/mol. The molecule has 4 rings (SSSR count). The van der Waals surface area contributed by atoms with Crippen LogP contribution in [0.1, 0.15) is 22.6 Å². The minimum absolute atomic E-state index is 0.138. The van der Waals surface area contributed by atoms with Crippen LogP contribution in [-0.4, -0.2) is 44.9 Å². The first-order valence-corrected chi connectivity index (χ1v) is 9.94. The van der Waals surface area contributed by atoms with Crippen LogP contribution in [0.3, 0.4) is 0 Å². The van der Waals surface area contributed by atoms with E-state index >= 15 is 0 Å². The van der Waals surface area contributed by atoms with E-state index in [-0.39, 0.29) is 11.8 Å². The number of benzene rings is 1. The normalized spacial score (nSPS) is 14.8. The van der Waals surface area contributed by atoms with Crippen molar-refractivity contribution in [3.05, 3.63) is 59.9 Å². The maximum absolute atomic E-state index is 13.0. The second-order valence-electron chi connectivity index (χ2n) is 6.71. The van der Waals surface area contributed by atoms with Gasteiger partial charge in [-0.3, -0.25) is 14.6 Å². The molecule has 1 aromatic carbocycles. The van der Waals surface area contributed by atoms with E-state index in [9.17, 15) is 9.59 Å². The zero-order valence-electron chi connectivity index (χ0n) is 15.1. The summed E-state index contributed by atoms with van der Waals surface area (Å²) in [6, 6.07) is 13.6. The van der Waals surface area contributed by atoms with Crippen LogP contribution in [0.15, 0.2) is 54.9 Å². The topological polar surface area (TPSA) is 83.4 Å². The molecule has 0 spiro atoms. The molecule has 1 aliphatic heterocycles. The molecule has 0 aliphatic carbocycles. The highest BCUT2D eigenvalue weighted by atomic mass is 32.1. The molecular weight excluding hydrogens is 374 g/mol. The van der Waals surface area contributed by atoms with Gasteiger partial charge >= 0.3 is 5.97 Å². The lowest BCUT2D eigenvalue weighted by atomic mass is 9.97. The summed E-state index contributed by atoms with van der Waals surface area (Å²) in [5.74, 6) is -1.29. The fourth-order valence-electron chi connectivity index (χ4n) is 3.36. The lowest BCUT2D eigenvalue weighted by molar-refractivity contribution is -0.143. The second kappa shape index (κ2) is 7.90. The molecule has 7 heteroatoms. The Morgan fingerprint density at radius 1 is 1.04 bits per heavy atom. The van der Waals surface area contributed by atoms with Gasteiger partial charge in [0, 0.05) is 36.6 Å². The van der Waals surface area contributed by atoms with E-state index in [0.29, 0.717) is 30.9 Å². The van der Waals surface area contributed by atoms with Crippen LogP contribution in [-0.2, 0) is 4.79 Å². The number of aliphatic carboxylic acids is 1. The highest BCUT2D eigenvalue weighted by molar-refractivity contribution is 7.17. The number of hydrogen-bond acceptors (Lipinski definition) is 5. The molecular formula is C21H19N3O3S. The molecule has 3 aromatic rings. The summed E-state index contributed by atoms with van der Waals surface area (Å²) in [5.41, 5.74) is 2.63. The van der Waals surface area contributed by atoms with E-state index in [2.05, 4.69) is 9.97 Å². The smallest absolute Gasteiger partial charge is 0.306 e. The van der Waals surface area contributed by atoms with Gasteiger partial charge in [0.1, 0.15) is 0 Å². The van der Waals surface area contributed by atoms with Crippen LogP contribution in [0.2, 0.25) is 0 Å². The second-order valence-corrected chi connectivity index (χ2v) is 7.71. The van der Waals surface area contributed by atoms with Crippen molar-refractivity contribution in [1.82, 2.24) is 14.9 Å². The van der Waals surface area contributed by atoms with Crippen molar-refractivity contribution in [3.63, 3.8) is 0 Å². The summed E-state index contributed by atoms with van der Waals surface area (Å²) < 4.78 is 0. The van der Waals surface area contributed by atoms with Gasteiger partial charge in [-0.05, 0) is 18.9 Å². The van der Waals surface area contributed by atoms with Gasteiger partial charge in [-0.25, -0.2) is 4.98 Å². The Labute approximate surface area is 166 Å². The first kappa shape index (κ1) is 18.3. The summed E-state index contributed by atoms with van der Waals surface area (Å²) in [7, 11) is 0. The number of piperidine rings is 1. The average Bonchev–Trinajstić information content (AvgIpc) is 3.20. The van der Waals surface area contributed by atoms with Crippen molar-refractivity contribution < 1.29 is 14.7 Å². The van der Waals surface area contributed by atoms with Crippen LogP contribution in [0, 0.1) is 5.92 Å². The van der Waals surface area contributed by atoms with Crippen molar-refractivity contribution >= 4 is 23.2 Å². The highest BCUT2D eigenvalue weighted by Gasteiger charge is 2.29. The number of carboxylic acids is 1. The lowest BCUT2D eigenvalue weighted by Crippen LogP contribution is -2.40. The third-order valence-corrected chi connectivity index (χ3v) is 6.00. The molecule has 0 bridgehead atoms. The third kappa shape index (κ3) is 3.66. The summed E-state index contributed by atoms with van der Waals surface area (Å²) in [5, 5.41) is 9.57. The molecule has 0 unspecified atom stereocenters. The zero-order valence-corrected chi connectivity index (χ0v) is 15.9. The molecule has 0 saturated carbocycles. The number of likely N-dealkylation sites (tertiary alicyclic amines) is 1. The SMILES string of the molecule is O=C(O)C1CCN(C(=O)c2nc(-c3ccccc3)c(-c3cccnc3)s2)CC1. The van der Waals surface area contributed by atoms with Crippen molar-refractivity contribution in [2.24, 2.45) is 5.92 Å². The number of rotatable bonds is 4. The molecule has 142 valence electrons. The molecule has 1 aliphatic rings. The van der Waals surface area contributed by atoms with Crippen LogP contribution in [0.25, 0.3) is 21.7 Å². The van der Waals surface area contributed by atoms with Gasteiger partial charge in [-0.15, -0.1) is 11.3 Å². The molecule has 1 fully saturated rings. The van der Waals surface area contributed by atoms with Crippen molar-refractivity contribution in [3.8, 4) is 21.7 Å². The molecule has 3 heterocycles. The Kier molecular flexibility index (Phi) is 5.16. The third-order valence-electron chi connectivity index (χ3n) is 4.91. The quantitative estimate of drug-likeness (QED) is 0.729. The minimum Gasteiger partial charge on any atom is -0.481 e. The van der Waals surface area contributed by atoms with E-state index in [1.807, 2.05) is 42.5 Å². The summed E-state index contributed by atoms with van der Waals surface area (Å²) in [6.07, 6.45) is 4.44. The fraction of sp³-hybridized carbons (Fsp3) is 0.238. The highest BCUT2D eigenvalue weighted by Crippen LogP contribution is 2.37. The Bertz CT molecular complexity index is 924. The molecule has 6 nitrogen and oxygen atoms in total. The number of pyridine rings is 1. The van der Waals surface area contributed by atoms with Gasteiger partial charge in [0.25, 0.3) is 5.91 Å². The minimum atomic E-state index is -0.786. The Balaban J connectivity index is 1.66. The number of aromatic nitrogens is 2. The van der Waals surface area contributed by atoms with Gasteiger partial charge in [0.2, 0.25) is 0 Å². The van der Waals surface area contributed by atoms with Gasteiger partial charge in [0.15, 0.2) is 5.01 Å². The van der Waals surface area contributed by atoms with Gasteiger partial charge in [-0.1, -0.05) is 36.4 Å². The molecule has 0 radical (unpaired) electrons. The van der Waals surface area contributed by atoms with E-state index in [1.165, 1.54) is 11.3 Å². The number of hydrogen-bond donors (Lipinski definition) is 1. The van der Waals surface area contributed by atoms with Gasteiger partial charge in [-0.2, -0.15) is 0 Å². The maximum Gasteiger partial charge on any atom is 0.306 e. The van der Waals surface area contributed by atoms with Crippen LogP contribution < -0.4 is 0 Å². The number of carbonyl (C=O) groups is 2. The van der Waals surface area contributed by atoms with Gasteiger partial charge in [0.05, 0.1) is 16.5 Å². The van der Waals surface area contributed by atoms with Gasteiger partial charge < -0.3 is 10.0 Å². The van der Waals surface area contributed by atoms with Crippen LogP contribution >= 0.6 is 11.3 Å². The standard InChI is InChI=1S/C21H19N3O3S/c25-20(24-11-8-15(9-12-24)21(26)27)19-23-17(14-5-2-1-3-6-14)18(28-19)16-7-4-10-22-13-16/h1-7,10,13,15H,8-9,11-12H2,(H,26,27). The molecule has 1 saturated heterocycles. The largest absolute Gasteiger partial charge is 0.481 e. The molecule has 1 N–H and O–H groups in total. The Morgan fingerprint density at radius 3 is 2.39 bits per heavy atom. The predicted octanol–water partition coefficient (Wildman–Crippen LogP) is 3.81. The van der Waals surface area contributed by atoms with Crippen LogP contribution in [0.4, 0.5) is 0 Å². The summed E-state index contributed by atoms with van der Waals surface area (Å²) in [4.78, 5) is 35.6. The van der Waals surface area contributed by atoms with Crippen molar-refractivity contribution in [2.75, 3.05) is 13.1 Å². The lowest BCUT2D eigenvalue weighted by Gasteiger charge is -2.29. The fourth-order valence-corrected chi connectivity index (χ4v) is 4.41. The van der Waals surface area contributed by atoms with E-state index < -0.39 is 5.97 Å². The van der Waals surface area contributed by atoms with E-state index in [1.54, 1.807) is 17.3 Å². The molecule has 0 atom stereocenters. The predicted molar refractivity (Wildman–Crippen MR) is 107 cm³/mol.